The van der Waals surface area contributed by atoms with E-state index in [1.54, 1.807) is 12.1 Å². The summed E-state index contributed by atoms with van der Waals surface area (Å²) in [4.78, 5) is 38.4. The van der Waals surface area contributed by atoms with Crippen LogP contribution < -0.4 is 5.32 Å². The van der Waals surface area contributed by atoms with Crippen molar-refractivity contribution < 1.29 is 39.2 Å². The predicted octanol–water partition coefficient (Wildman–Crippen LogP) is 4.62. The second-order valence-corrected chi connectivity index (χ2v) is 11.5. The molecule has 0 radical (unpaired) electrons. The summed E-state index contributed by atoms with van der Waals surface area (Å²) >= 11 is 0. The zero-order valence-electron chi connectivity index (χ0n) is 23.4. The summed E-state index contributed by atoms with van der Waals surface area (Å²) in [6, 6.07) is 17.3. The van der Waals surface area contributed by atoms with Crippen LogP contribution in [-0.4, -0.2) is 43.4 Å². The molecule has 9 heteroatoms. The standard InChI is InChI=1S/C34H30FNO7/c1-17(37)28-27(39)14-22-12-21-13-25-24(9-10-26(38)30(25)31(40)29(21)33(42)34(22,43)32(28)41)20-7-5-18(6-8-20)15-36-16-19-3-2-4-23(35)11-19/h2-11,21-22,36,38,40-41,43H,12-16H2,1H3/t21-,22+,34-/m1/s1. The Kier molecular flexibility index (Phi) is 7.02. The summed E-state index contributed by atoms with van der Waals surface area (Å²) in [6.45, 7) is 2.13. The number of aliphatic hydroxyl groups is 3. The van der Waals surface area contributed by atoms with E-state index >= 15 is 0 Å². The van der Waals surface area contributed by atoms with Gasteiger partial charge in [-0.15, -0.1) is 0 Å². The third-order valence-corrected chi connectivity index (χ3v) is 8.86. The summed E-state index contributed by atoms with van der Waals surface area (Å²) < 4.78 is 13.4. The van der Waals surface area contributed by atoms with Crippen molar-refractivity contribution in [1.82, 2.24) is 5.32 Å². The van der Waals surface area contributed by atoms with Crippen LogP contribution in [0.5, 0.6) is 5.75 Å². The van der Waals surface area contributed by atoms with E-state index in [0.29, 0.717) is 18.7 Å². The lowest BCUT2D eigenvalue weighted by Crippen LogP contribution is -2.57. The number of aromatic hydroxyl groups is 1. The van der Waals surface area contributed by atoms with Crippen LogP contribution in [-0.2, 0) is 33.9 Å². The fourth-order valence-electron chi connectivity index (χ4n) is 6.80. The Morgan fingerprint density at radius 3 is 2.40 bits per heavy atom. The lowest BCUT2D eigenvalue weighted by atomic mass is 9.59. The second kappa shape index (κ2) is 10.6. The summed E-state index contributed by atoms with van der Waals surface area (Å²) in [5, 5.41) is 47.7. The molecule has 6 rings (SSSR count). The van der Waals surface area contributed by atoms with Gasteiger partial charge in [-0.05, 0) is 71.7 Å². The van der Waals surface area contributed by atoms with Crippen molar-refractivity contribution in [2.24, 2.45) is 11.8 Å². The number of hydrogen-bond acceptors (Lipinski definition) is 8. The zero-order valence-corrected chi connectivity index (χ0v) is 23.4. The molecule has 3 aliphatic carbocycles. The van der Waals surface area contributed by atoms with Gasteiger partial charge in [-0.3, -0.25) is 14.4 Å². The van der Waals surface area contributed by atoms with E-state index in [2.05, 4.69) is 5.32 Å². The number of ketones is 3. The Bertz CT molecular complexity index is 1760. The quantitative estimate of drug-likeness (QED) is 0.265. The van der Waals surface area contributed by atoms with Crippen molar-refractivity contribution in [3.63, 3.8) is 0 Å². The maximum atomic E-state index is 13.7. The van der Waals surface area contributed by atoms with Crippen LogP contribution in [0.15, 0.2) is 77.6 Å². The van der Waals surface area contributed by atoms with E-state index in [9.17, 15) is 39.2 Å². The molecule has 0 bridgehead atoms. The molecule has 8 nitrogen and oxygen atoms in total. The number of phenolic OH excluding ortho intramolecular Hbond substituents is 1. The minimum Gasteiger partial charge on any atom is -0.508 e. The molecule has 1 saturated carbocycles. The van der Waals surface area contributed by atoms with E-state index < -0.39 is 51.9 Å². The number of fused-ring (bicyclic) bond motifs is 3. The van der Waals surface area contributed by atoms with Gasteiger partial charge in [-0.2, -0.15) is 0 Å². The molecule has 3 aromatic carbocycles. The first kappa shape index (κ1) is 28.5. The van der Waals surface area contributed by atoms with Gasteiger partial charge in [0.25, 0.3) is 0 Å². The Hall–Kier alpha value is -4.60. The monoisotopic (exact) mass is 583 g/mol. The Balaban J connectivity index is 1.31. The van der Waals surface area contributed by atoms with Crippen LogP contribution in [0.3, 0.4) is 0 Å². The fourth-order valence-corrected chi connectivity index (χ4v) is 6.80. The number of allylic oxidation sites excluding steroid dienone is 1. The van der Waals surface area contributed by atoms with Crippen LogP contribution in [0.2, 0.25) is 0 Å². The lowest BCUT2D eigenvalue weighted by molar-refractivity contribution is -0.147. The van der Waals surface area contributed by atoms with Crippen LogP contribution >= 0.6 is 0 Å². The summed E-state index contributed by atoms with van der Waals surface area (Å²) in [7, 11) is 0. The highest BCUT2D eigenvalue weighted by Gasteiger charge is 2.60. The number of aliphatic hydroxyl groups excluding tert-OH is 2. The molecule has 0 aromatic heterocycles. The van der Waals surface area contributed by atoms with Crippen LogP contribution in [0.4, 0.5) is 4.39 Å². The number of phenols is 1. The van der Waals surface area contributed by atoms with E-state index in [0.717, 1.165) is 29.2 Å². The van der Waals surface area contributed by atoms with Crippen LogP contribution in [0.25, 0.3) is 16.9 Å². The normalized spacial score (nSPS) is 23.1. The average molecular weight is 584 g/mol. The maximum absolute atomic E-state index is 13.7. The third kappa shape index (κ3) is 4.65. The molecule has 0 amide bonds. The molecule has 3 aromatic rings. The molecule has 0 heterocycles. The number of carbonyl (C=O) groups is 3. The van der Waals surface area contributed by atoms with E-state index in [4.69, 9.17) is 0 Å². The van der Waals surface area contributed by atoms with Gasteiger partial charge in [0.15, 0.2) is 17.2 Å². The SMILES string of the molecule is CC(=O)C1=C(O)[C@@]2(O)C(=O)C3=C(O)c4c(O)ccc(-c5ccc(CNCc6cccc(F)c6)cc5)c4C[C@H]3C[C@H]2CC1=O. The second-order valence-electron chi connectivity index (χ2n) is 11.5. The molecule has 3 aliphatic rings. The van der Waals surface area contributed by atoms with E-state index in [1.165, 1.54) is 18.2 Å². The summed E-state index contributed by atoms with van der Waals surface area (Å²) in [5.74, 6) is -5.92. The van der Waals surface area contributed by atoms with Crippen molar-refractivity contribution in [3.8, 4) is 16.9 Å². The minimum atomic E-state index is -2.52. The topological polar surface area (TPSA) is 144 Å². The number of benzene rings is 3. The molecule has 0 unspecified atom stereocenters. The lowest BCUT2D eigenvalue weighted by Gasteiger charge is -2.46. The Morgan fingerprint density at radius 2 is 1.70 bits per heavy atom. The number of rotatable bonds is 6. The van der Waals surface area contributed by atoms with Crippen molar-refractivity contribution in [2.45, 2.75) is 44.9 Å². The number of carbonyl (C=O) groups excluding carboxylic acids is 3. The van der Waals surface area contributed by atoms with Gasteiger partial charge in [-0.25, -0.2) is 4.39 Å². The average Bonchev–Trinajstić information content (AvgIpc) is 2.95. The van der Waals surface area contributed by atoms with Crippen molar-refractivity contribution in [1.29, 1.82) is 0 Å². The van der Waals surface area contributed by atoms with Crippen LogP contribution in [0, 0.1) is 17.7 Å². The molecule has 0 spiro atoms. The van der Waals surface area contributed by atoms with E-state index in [-0.39, 0.29) is 42.0 Å². The molecular formula is C34H30FNO7. The van der Waals surface area contributed by atoms with Gasteiger partial charge in [0, 0.05) is 31.0 Å². The van der Waals surface area contributed by atoms with Gasteiger partial charge < -0.3 is 25.7 Å². The largest absolute Gasteiger partial charge is 0.508 e. The number of Topliss-reactive ketones (excluding diaryl/α,β-unsaturated/α-hetero) is 3. The molecule has 220 valence electrons. The third-order valence-electron chi connectivity index (χ3n) is 8.86. The highest BCUT2D eigenvalue weighted by atomic mass is 19.1. The highest BCUT2D eigenvalue weighted by Crippen LogP contribution is 2.53. The van der Waals surface area contributed by atoms with Gasteiger partial charge in [0.05, 0.1) is 5.56 Å². The smallest absolute Gasteiger partial charge is 0.202 e. The van der Waals surface area contributed by atoms with Crippen molar-refractivity contribution in [2.75, 3.05) is 0 Å². The minimum absolute atomic E-state index is 0.0714. The Labute approximate surface area is 246 Å². The molecular weight excluding hydrogens is 553 g/mol. The molecule has 3 atom stereocenters. The predicted molar refractivity (Wildman–Crippen MR) is 155 cm³/mol. The first-order chi connectivity index (χ1) is 20.5. The van der Waals surface area contributed by atoms with Crippen LogP contribution in [0.1, 0.15) is 42.0 Å². The van der Waals surface area contributed by atoms with Gasteiger partial charge in [0.2, 0.25) is 5.78 Å². The summed E-state index contributed by atoms with van der Waals surface area (Å²) in [6.07, 6.45) is 0.0548. The maximum Gasteiger partial charge on any atom is 0.202 e. The first-order valence-electron chi connectivity index (χ1n) is 14.1. The van der Waals surface area contributed by atoms with Gasteiger partial charge >= 0.3 is 0 Å². The number of halogens is 1. The Morgan fingerprint density at radius 1 is 0.977 bits per heavy atom. The molecule has 43 heavy (non-hydrogen) atoms. The molecule has 5 N–H and O–H groups in total. The zero-order chi connectivity index (χ0) is 30.6. The molecule has 1 fully saturated rings. The highest BCUT2D eigenvalue weighted by molar-refractivity contribution is 6.23. The first-order valence-corrected chi connectivity index (χ1v) is 14.1. The molecule has 0 saturated heterocycles. The van der Waals surface area contributed by atoms with Gasteiger partial charge in [0.1, 0.15) is 28.7 Å². The summed E-state index contributed by atoms with van der Waals surface area (Å²) in [5.41, 5.74) is 0.832. The number of hydrogen-bond donors (Lipinski definition) is 5. The van der Waals surface area contributed by atoms with Crippen molar-refractivity contribution in [3.05, 3.63) is 106 Å². The van der Waals surface area contributed by atoms with E-state index in [1.807, 2.05) is 30.3 Å². The number of nitrogens with one attached hydrogen (secondary N) is 1. The van der Waals surface area contributed by atoms with Crippen molar-refractivity contribution >= 4 is 23.1 Å². The molecule has 0 aliphatic heterocycles. The fraction of sp³-hybridized carbons (Fsp3) is 0.265. The van der Waals surface area contributed by atoms with Gasteiger partial charge in [-0.1, -0.05) is 42.5 Å².